The predicted octanol–water partition coefficient (Wildman–Crippen LogP) is 1.02. The normalized spacial score (nSPS) is 9.80. The number of hydrogen-bond donors (Lipinski definition) is 2. The SMILES string of the molecule is C=C(CCCN)CCCN. The molecule has 0 aliphatic rings. The molecule has 0 saturated heterocycles. The minimum Gasteiger partial charge on any atom is -0.330 e. The highest BCUT2D eigenvalue weighted by Gasteiger charge is 1.91. The molecule has 0 saturated carbocycles. The molecule has 0 amide bonds. The van der Waals surface area contributed by atoms with E-state index in [9.17, 15) is 0 Å². The highest BCUT2D eigenvalue weighted by Crippen LogP contribution is 2.07. The molecule has 0 aliphatic carbocycles. The Bertz CT molecular complexity index is 79.3. The van der Waals surface area contributed by atoms with Crippen LogP contribution in [-0.2, 0) is 0 Å². The summed E-state index contributed by atoms with van der Waals surface area (Å²) in [6.45, 7) is 5.45. The van der Waals surface area contributed by atoms with Crippen molar-refractivity contribution in [1.82, 2.24) is 0 Å². The van der Waals surface area contributed by atoms with Crippen molar-refractivity contribution in [2.24, 2.45) is 11.5 Å². The van der Waals surface area contributed by atoms with Gasteiger partial charge in [-0.15, -0.1) is 0 Å². The van der Waals surface area contributed by atoms with E-state index in [1.54, 1.807) is 0 Å². The second kappa shape index (κ2) is 6.78. The fourth-order valence-corrected chi connectivity index (χ4v) is 0.829. The molecule has 0 unspecified atom stereocenters. The molecule has 0 fully saturated rings. The average Bonchev–Trinajstić information content (AvgIpc) is 1.97. The summed E-state index contributed by atoms with van der Waals surface area (Å²) in [5, 5.41) is 0. The van der Waals surface area contributed by atoms with E-state index in [0.717, 1.165) is 38.8 Å². The minimum atomic E-state index is 0.766. The van der Waals surface area contributed by atoms with Crippen LogP contribution in [0.1, 0.15) is 25.7 Å². The molecule has 10 heavy (non-hydrogen) atoms. The van der Waals surface area contributed by atoms with E-state index < -0.39 is 0 Å². The van der Waals surface area contributed by atoms with Crippen molar-refractivity contribution in [3.63, 3.8) is 0 Å². The van der Waals surface area contributed by atoms with E-state index in [1.807, 2.05) is 0 Å². The summed E-state index contributed by atoms with van der Waals surface area (Å²) < 4.78 is 0. The average molecular weight is 142 g/mol. The molecular formula is C8H18N2. The summed E-state index contributed by atoms with van der Waals surface area (Å²) in [5.41, 5.74) is 12.0. The second-order valence-corrected chi connectivity index (χ2v) is 2.53. The Hall–Kier alpha value is -0.340. The first kappa shape index (κ1) is 9.66. The van der Waals surface area contributed by atoms with Crippen LogP contribution in [0.25, 0.3) is 0 Å². The molecule has 0 aliphatic heterocycles. The standard InChI is InChI=1S/C8H18N2/c1-8(4-2-6-9)5-3-7-10/h1-7,9-10H2. The summed E-state index contributed by atoms with van der Waals surface area (Å²) in [6, 6.07) is 0. The van der Waals surface area contributed by atoms with Crippen LogP contribution in [0.5, 0.6) is 0 Å². The zero-order valence-corrected chi connectivity index (χ0v) is 6.60. The summed E-state index contributed by atoms with van der Waals surface area (Å²) in [4.78, 5) is 0. The zero-order valence-electron chi connectivity index (χ0n) is 6.60. The van der Waals surface area contributed by atoms with Crippen molar-refractivity contribution in [2.75, 3.05) is 13.1 Å². The summed E-state index contributed by atoms with van der Waals surface area (Å²) in [5.74, 6) is 0. The summed E-state index contributed by atoms with van der Waals surface area (Å²) in [7, 11) is 0. The maximum atomic E-state index is 5.34. The number of hydrogen-bond acceptors (Lipinski definition) is 2. The molecule has 2 nitrogen and oxygen atoms in total. The molecule has 0 bridgehead atoms. The third-order valence-electron chi connectivity index (χ3n) is 1.47. The first-order valence-corrected chi connectivity index (χ1v) is 3.88. The Kier molecular flexibility index (Phi) is 6.55. The van der Waals surface area contributed by atoms with Crippen LogP contribution in [0.15, 0.2) is 12.2 Å². The van der Waals surface area contributed by atoms with Crippen LogP contribution >= 0.6 is 0 Å². The largest absolute Gasteiger partial charge is 0.330 e. The molecule has 0 rings (SSSR count). The van der Waals surface area contributed by atoms with E-state index in [4.69, 9.17) is 11.5 Å². The summed E-state index contributed by atoms with van der Waals surface area (Å²) >= 11 is 0. The smallest absolute Gasteiger partial charge is 0.00742 e. The first-order chi connectivity index (χ1) is 4.81. The Morgan fingerprint density at radius 1 is 1.00 bits per heavy atom. The van der Waals surface area contributed by atoms with Gasteiger partial charge >= 0.3 is 0 Å². The Balaban J connectivity index is 3.09. The molecule has 0 heterocycles. The van der Waals surface area contributed by atoms with Crippen molar-refractivity contribution in [1.29, 1.82) is 0 Å². The highest BCUT2D eigenvalue weighted by atomic mass is 14.5. The van der Waals surface area contributed by atoms with Gasteiger partial charge < -0.3 is 11.5 Å². The Morgan fingerprint density at radius 2 is 1.40 bits per heavy atom. The fourth-order valence-electron chi connectivity index (χ4n) is 0.829. The molecule has 0 aromatic heterocycles. The third-order valence-corrected chi connectivity index (χ3v) is 1.47. The maximum absolute atomic E-state index is 5.34. The van der Waals surface area contributed by atoms with Gasteiger partial charge in [0, 0.05) is 0 Å². The van der Waals surface area contributed by atoms with Gasteiger partial charge in [0.25, 0.3) is 0 Å². The second-order valence-electron chi connectivity index (χ2n) is 2.53. The van der Waals surface area contributed by atoms with E-state index >= 15 is 0 Å². The van der Waals surface area contributed by atoms with Crippen molar-refractivity contribution in [2.45, 2.75) is 25.7 Å². The lowest BCUT2D eigenvalue weighted by molar-refractivity contribution is 0.746. The molecular weight excluding hydrogens is 124 g/mol. The zero-order chi connectivity index (χ0) is 7.82. The number of rotatable bonds is 6. The summed E-state index contributed by atoms with van der Waals surface area (Å²) in [6.07, 6.45) is 4.25. The van der Waals surface area contributed by atoms with Crippen LogP contribution in [0, 0.1) is 0 Å². The number of allylic oxidation sites excluding steroid dienone is 1. The van der Waals surface area contributed by atoms with Crippen LogP contribution in [0.4, 0.5) is 0 Å². The molecule has 0 aromatic carbocycles. The van der Waals surface area contributed by atoms with Gasteiger partial charge in [0.1, 0.15) is 0 Å². The van der Waals surface area contributed by atoms with Gasteiger partial charge in [0.05, 0.1) is 0 Å². The highest BCUT2D eigenvalue weighted by molar-refractivity contribution is 4.93. The monoisotopic (exact) mass is 142 g/mol. The molecule has 4 N–H and O–H groups in total. The lowest BCUT2D eigenvalue weighted by Gasteiger charge is -2.01. The van der Waals surface area contributed by atoms with Crippen molar-refractivity contribution in [3.8, 4) is 0 Å². The molecule has 0 radical (unpaired) electrons. The first-order valence-electron chi connectivity index (χ1n) is 3.88. The van der Waals surface area contributed by atoms with Crippen LogP contribution in [0.2, 0.25) is 0 Å². The fraction of sp³-hybridized carbons (Fsp3) is 0.750. The van der Waals surface area contributed by atoms with Gasteiger partial charge in [-0.1, -0.05) is 12.2 Å². The van der Waals surface area contributed by atoms with Crippen LogP contribution in [0.3, 0.4) is 0 Å². The van der Waals surface area contributed by atoms with Gasteiger partial charge in [-0.2, -0.15) is 0 Å². The number of nitrogens with two attached hydrogens (primary N) is 2. The lowest BCUT2D eigenvalue weighted by Crippen LogP contribution is -2.01. The molecule has 2 heteroatoms. The molecule has 0 spiro atoms. The van der Waals surface area contributed by atoms with Gasteiger partial charge in [0.15, 0.2) is 0 Å². The van der Waals surface area contributed by atoms with Gasteiger partial charge in [0.2, 0.25) is 0 Å². The van der Waals surface area contributed by atoms with E-state index in [0.29, 0.717) is 0 Å². The van der Waals surface area contributed by atoms with Crippen molar-refractivity contribution < 1.29 is 0 Å². The van der Waals surface area contributed by atoms with Gasteiger partial charge in [-0.3, -0.25) is 0 Å². The Labute approximate surface area is 63.3 Å². The maximum Gasteiger partial charge on any atom is -0.00742 e. The molecule has 60 valence electrons. The predicted molar refractivity (Wildman–Crippen MR) is 45.7 cm³/mol. The molecule has 0 atom stereocenters. The van der Waals surface area contributed by atoms with Crippen molar-refractivity contribution in [3.05, 3.63) is 12.2 Å². The van der Waals surface area contributed by atoms with Crippen molar-refractivity contribution >= 4 is 0 Å². The van der Waals surface area contributed by atoms with Gasteiger partial charge in [-0.25, -0.2) is 0 Å². The lowest BCUT2D eigenvalue weighted by atomic mass is 10.1. The third kappa shape index (κ3) is 5.79. The molecule has 0 aromatic rings. The Morgan fingerprint density at radius 3 is 1.70 bits per heavy atom. The van der Waals surface area contributed by atoms with E-state index in [-0.39, 0.29) is 0 Å². The van der Waals surface area contributed by atoms with E-state index in [2.05, 4.69) is 6.58 Å². The quantitative estimate of drug-likeness (QED) is 0.544. The minimum absolute atomic E-state index is 0.766. The van der Waals surface area contributed by atoms with Crippen LogP contribution in [-0.4, -0.2) is 13.1 Å². The van der Waals surface area contributed by atoms with Crippen LogP contribution < -0.4 is 11.5 Å². The van der Waals surface area contributed by atoms with E-state index in [1.165, 1.54) is 5.57 Å². The van der Waals surface area contributed by atoms with Gasteiger partial charge in [-0.05, 0) is 38.8 Å². The topological polar surface area (TPSA) is 52.0 Å².